The van der Waals surface area contributed by atoms with Gasteiger partial charge in [-0.3, -0.25) is 0 Å². The molecule has 0 aliphatic carbocycles. The number of rotatable bonds is 2. The van der Waals surface area contributed by atoms with Gasteiger partial charge in [-0.2, -0.15) is 0 Å². The molecule has 2 heterocycles. The molecule has 0 fully saturated rings. The highest BCUT2D eigenvalue weighted by molar-refractivity contribution is 8.00. The van der Waals surface area contributed by atoms with E-state index in [1.54, 1.807) is 0 Å². The molecule has 6 rings (SSSR count). The molecule has 0 unspecified atom stereocenters. The molecule has 4 aromatic rings. The highest BCUT2D eigenvalue weighted by Gasteiger charge is 2.57. The number of benzene rings is 4. The zero-order chi connectivity index (χ0) is 19.3. The summed E-state index contributed by atoms with van der Waals surface area (Å²) in [7, 11) is 0. The normalized spacial score (nSPS) is 24.4. The van der Waals surface area contributed by atoms with Gasteiger partial charge in [0.1, 0.15) is 5.60 Å². The summed E-state index contributed by atoms with van der Waals surface area (Å²) >= 11 is 1.83. The van der Waals surface area contributed by atoms with Gasteiger partial charge in [-0.15, -0.1) is 0 Å². The smallest absolute Gasteiger partial charge is 0.171 e. The summed E-state index contributed by atoms with van der Waals surface area (Å²) in [5, 5.41) is 0. The lowest BCUT2D eigenvalue weighted by atomic mass is 9.80. The maximum atomic E-state index is 7.29. The van der Waals surface area contributed by atoms with Crippen LogP contribution in [0.2, 0.25) is 0 Å². The highest BCUT2D eigenvalue weighted by Crippen LogP contribution is 2.63. The number of ether oxygens (including phenoxy) is 1. The van der Waals surface area contributed by atoms with Crippen molar-refractivity contribution in [2.45, 2.75) is 21.9 Å². The summed E-state index contributed by atoms with van der Waals surface area (Å²) in [6.07, 6.45) is 0.825. The third kappa shape index (κ3) is 2.40. The van der Waals surface area contributed by atoms with Crippen molar-refractivity contribution in [2.24, 2.45) is 0 Å². The molecule has 0 saturated heterocycles. The highest BCUT2D eigenvalue weighted by atomic mass is 32.2. The van der Waals surface area contributed by atoms with E-state index in [9.17, 15) is 0 Å². The van der Waals surface area contributed by atoms with Crippen molar-refractivity contribution in [1.29, 1.82) is 0 Å². The lowest BCUT2D eigenvalue weighted by molar-refractivity contribution is -0.0484. The lowest BCUT2D eigenvalue weighted by Gasteiger charge is -2.34. The van der Waals surface area contributed by atoms with Crippen LogP contribution in [0, 0.1) is 0 Å². The Morgan fingerprint density at radius 1 is 0.586 bits per heavy atom. The average Bonchev–Trinajstić information content (AvgIpc) is 2.97. The van der Waals surface area contributed by atoms with Crippen molar-refractivity contribution in [3.63, 3.8) is 0 Å². The van der Waals surface area contributed by atoms with Crippen molar-refractivity contribution < 1.29 is 4.74 Å². The molecule has 0 aromatic heterocycles. The summed E-state index contributed by atoms with van der Waals surface area (Å²) in [5.41, 5.74) is 5.77. The van der Waals surface area contributed by atoms with Crippen LogP contribution < -0.4 is 0 Å². The Balaban J connectivity index is 1.72. The average molecular weight is 393 g/mol. The van der Waals surface area contributed by atoms with Gasteiger partial charge in [0.2, 0.25) is 0 Å². The van der Waals surface area contributed by atoms with E-state index in [1.165, 1.54) is 32.7 Å². The maximum Gasteiger partial charge on any atom is 0.171 e. The van der Waals surface area contributed by atoms with Crippen LogP contribution in [0.5, 0.6) is 0 Å². The standard InChI is InChI=1S/C27H20OS/c1-3-12-21(13-4-1)26-19-20-11-7-10-18-25(20)29-27(28-26,22-14-5-2-6-15-22)24-17-9-8-16-23(24)26/h1-18H,19H2/t26-,27-/m1/s1. The summed E-state index contributed by atoms with van der Waals surface area (Å²) < 4.78 is 7.29. The first kappa shape index (κ1) is 17.1. The summed E-state index contributed by atoms with van der Waals surface area (Å²) in [4.78, 5) is 0.726. The van der Waals surface area contributed by atoms with Crippen molar-refractivity contribution in [2.75, 3.05) is 0 Å². The monoisotopic (exact) mass is 392 g/mol. The fraction of sp³-hybridized carbons (Fsp3) is 0.111. The molecule has 2 aliphatic rings. The van der Waals surface area contributed by atoms with Gasteiger partial charge in [-0.1, -0.05) is 115 Å². The molecule has 0 radical (unpaired) electrons. The zero-order valence-electron chi connectivity index (χ0n) is 15.9. The first-order chi connectivity index (χ1) is 14.3. The number of hydrogen-bond donors (Lipinski definition) is 0. The van der Waals surface area contributed by atoms with Crippen LogP contribution in [0.3, 0.4) is 0 Å². The minimum atomic E-state index is -0.569. The number of fused-ring (bicyclic) bond motifs is 6. The van der Waals surface area contributed by atoms with E-state index >= 15 is 0 Å². The van der Waals surface area contributed by atoms with Crippen LogP contribution in [0.4, 0.5) is 0 Å². The largest absolute Gasteiger partial charge is 0.339 e. The third-order valence-electron chi connectivity index (χ3n) is 6.09. The van der Waals surface area contributed by atoms with Crippen LogP contribution in [0.15, 0.2) is 114 Å². The Morgan fingerprint density at radius 3 is 1.93 bits per heavy atom. The summed E-state index contributed by atoms with van der Waals surface area (Å²) in [6.45, 7) is 0. The molecule has 0 saturated carbocycles. The number of hydrogen-bond acceptors (Lipinski definition) is 2. The molecule has 4 aromatic carbocycles. The fourth-order valence-corrected chi connectivity index (χ4v) is 6.27. The maximum absolute atomic E-state index is 7.29. The molecule has 0 N–H and O–H groups in total. The van der Waals surface area contributed by atoms with Gasteiger partial charge in [0.15, 0.2) is 4.93 Å². The van der Waals surface area contributed by atoms with Gasteiger partial charge in [-0.05, 0) is 28.3 Å². The van der Waals surface area contributed by atoms with Gasteiger partial charge >= 0.3 is 0 Å². The second kappa shape index (κ2) is 6.35. The topological polar surface area (TPSA) is 9.23 Å². The predicted molar refractivity (Wildman–Crippen MR) is 118 cm³/mol. The molecular weight excluding hydrogens is 372 g/mol. The van der Waals surface area contributed by atoms with Crippen LogP contribution in [-0.2, 0) is 21.7 Å². The SMILES string of the molecule is c1ccc([C@@]23Cc4ccccc4S[C@@](c4ccccc4)(O2)c2ccccc23)cc1. The molecule has 2 bridgehead atoms. The van der Waals surface area contributed by atoms with Gasteiger partial charge in [0.25, 0.3) is 0 Å². The van der Waals surface area contributed by atoms with E-state index in [0.717, 1.165) is 6.42 Å². The van der Waals surface area contributed by atoms with Gasteiger partial charge in [0, 0.05) is 16.9 Å². The summed E-state index contributed by atoms with van der Waals surface area (Å²) in [5.74, 6) is 0. The van der Waals surface area contributed by atoms with Gasteiger partial charge < -0.3 is 4.74 Å². The Hall–Kier alpha value is -2.81. The first-order valence-electron chi connectivity index (χ1n) is 10.00. The Bertz CT molecular complexity index is 1090. The fourth-order valence-electron chi connectivity index (χ4n) is 4.81. The minimum absolute atomic E-state index is 0.507. The Morgan fingerprint density at radius 2 is 1.17 bits per heavy atom. The molecule has 2 aliphatic heterocycles. The van der Waals surface area contributed by atoms with Crippen LogP contribution in [-0.4, -0.2) is 0 Å². The van der Waals surface area contributed by atoms with Crippen LogP contribution >= 0.6 is 11.8 Å². The van der Waals surface area contributed by atoms with Crippen molar-refractivity contribution in [1.82, 2.24) is 0 Å². The molecule has 0 amide bonds. The summed E-state index contributed by atoms with van der Waals surface area (Å²) in [6, 6.07) is 38.9. The molecule has 0 spiro atoms. The molecule has 1 nitrogen and oxygen atoms in total. The van der Waals surface area contributed by atoms with Crippen LogP contribution in [0.1, 0.15) is 27.8 Å². The van der Waals surface area contributed by atoms with E-state index in [0.29, 0.717) is 0 Å². The third-order valence-corrected chi connectivity index (χ3v) is 7.54. The van der Waals surface area contributed by atoms with Gasteiger partial charge in [0.05, 0.1) is 0 Å². The Kier molecular flexibility index (Phi) is 3.74. The van der Waals surface area contributed by atoms with Gasteiger partial charge in [-0.25, -0.2) is 0 Å². The first-order valence-corrected chi connectivity index (χ1v) is 10.8. The second-order valence-electron chi connectivity index (χ2n) is 7.71. The molecule has 140 valence electrons. The molecule has 2 atom stereocenters. The van der Waals surface area contributed by atoms with E-state index in [2.05, 4.69) is 109 Å². The predicted octanol–water partition coefficient (Wildman–Crippen LogP) is 6.51. The lowest BCUT2D eigenvalue weighted by Crippen LogP contribution is -2.33. The van der Waals surface area contributed by atoms with E-state index in [1.807, 2.05) is 11.8 Å². The zero-order valence-corrected chi connectivity index (χ0v) is 16.7. The number of thioether (sulfide) groups is 1. The second-order valence-corrected chi connectivity index (χ2v) is 8.93. The molecular formula is C27H20OS. The van der Waals surface area contributed by atoms with Crippen molar-refractivity contribution >= 4 is 11.8 Å². The van der Waals surface area contributed by atoms with Crippen molar-refractivity contribution in [3.8, 4) is 0 Å². The van der Waals surface area contributed by atoms with Crippen molar-refractivity contribution in [3.05, 3.63) is 137 Å². The molecule has 2 heteroatoms. The quantitative estimate of drug-likeness (QED) is 0.384. The van der Waals surface area contributed by atoms with Crippen LogP contribution in [0.25, 0.3) is 0 Å². The minimum Gasteiger partial charge on any atom is -0.339 e. The van der Waals surface area contributed by atoms with E-state index in [-0.39, 0.29) is 0 Å². The van der Waals surface area contributed by atoms with E-state index < -0.39 is 10.5 Å². The van der Waals surface area contributed by atoms with E-state index in [4.69, 9.17) is 4.74 Å². The molecule has 29 heavy (non-hydrogen) atoms. The Labute approximate surface area is 175 Å².